The lowest BCUT2D eigenvalue weighted by Gasteiger charge is -2.37. The number of hydrogen-bond donors (Lipinski definition) is 1. The van der Waals surface area contributed by atoms with Crippen LogP contribution in [0.2, 0.25) is 0 Å². The maximum absolute atomic E-state index is 13.6. The molecule has 1 N–H and O–H groups in total. The summed E-state index contributed by atoms with van der Waals surface area (Å²) in [5.41, 5.74) is 1.04. The number of piperazine rings is 1. The molecule has 1 heterocycles. The first-order valence-corrected chi connectivity index (χ1v) is 11.5. The average molecular weight is 431 g/mol. The Hall–Kier alpha value is -2.17. The van der Waals surface area contributed by atoms with Crippen LogP contribution in [0.4, 0.5) is 10.1 Å². The number of amides is 1. The van der Waals surface area contributed by atoms with Gasteiger partial charge in [0, 0.05) is 58.0 Å². The standard InChI is InChI=1S/C24H35FN4O2/c1-31-16-2-3-24(30)27-21-6-4-19(5-7-21)10-11-28-12-14-29(15-13-28)22-8-9-23(25)20(17-22)18-26/h8-9,17,19,21H,2-7,10-16H2,1H3,(H,27,30). The van der Waals surface area contributed by atoms with Crippen molar-refractivity contribution in [3.05, 3.63) is 29.6 Å². The SMILES string of the molecule is COCCCC(=O)NC1CCC(CCN2CCN(c3ccc(F)c(C#N)c3)CC2)CC1. The second-order valence-corrected chi connectivity index (χ2v) is 8.77. The van der Waals surface area contributed by atoms with Crippen LogP contribution < -0.4 is 10.2 Å². The van der Waals surface area contributed by atoms with Crippen molar-refractivity contribution < 1.29 is 13.9 Å². The second kappa shape index (κ2) is 12.0. The molecule has 2 aliphatic rings. The number of benzene rings is 1. The van der Waals surface area contributed by atoms with E-state index in [2.05, 4.69) is 15.1 Å². The molecule has 1 amide bonds. The summed E-state index contributed by atoms with van der Waals surface area (Å²) < 4.78 is 18.6. The molecule has 170 valence electrons. The first-order valence-electron chi connectivity index (χ1n) is 11.5. The topological polar surface area (TPSA) is 68.6 Å². The Morgan fingerprint density at radius 3 is 2.65 bits per heavy atom. The number of carbonyl (C=O) groups excluding carboxylic acids is 1. The Labute approximate surface area is 185 Å². The molecule has 6 nitrogen and oxygen atoms in total. The van der Waals surface area contributed by atoms with Gasteiger partial charge < -0.3 is 15.0 Å². The van der Waals surface area contributed by atoms with Gasteiger partial charge in [0.05, 0.1) is 5.56 Å². The summed E-state index contributed by atoms with van der Waals surface area (Å²) in [6.07, 6.45) is 7.09. The van der Waals surface area contributed by atoms with Crippen LogP contribution in [0.3, 0.4) is 0 Å². The number of nitrogens with zero attached hydrogens (tertiary/aromatic N) is 3. The largest absolute Gasteiger partial charge is 0.385 e. The highest BCUT2D eigenvalue weighted by atomic mass is 19.1. The Morgan fingerprint density at radius 2 is 1.97 bits per heavy atom. The monoisotopic (exact) mass is 430 g/mol. The van der Waals surface area contributed by atoms with E-state index >= 15 is 0 Å². The van der Waals surface area contributed by atoms with Gasteiger partial charge in [-0.25, -0.2) is 4.39 Å². The molecule has 1 aliphatic carbocycles. The van der Waals surface area contributed by atoms with E-state index in [1.54, 1.807) is 19.2 Å². The first kappa shape index (κ1) is 23.5. The van der Waals surface area contributed by atoms with E-state index in [0.717, 1.165) is 63.6 Å². The maximum atomic E-state index is 13.6. The van der Waals surface area contributed by atoms with Gasteiger partial charge in [0.2, 0.25) is 5.91 Å². The number of carbonyl (C=O) groups is 1. The van der Waals surface area contributed by atoms with Crippen molar-refractivity contribution in [2.45, 2.75) is 51.0 Å². The molecule has 1 saturated carbocycles. The molecule has 3 rings (SSSR count). The molecule has 1 saturated heterocycles. The predicted octanol–water partition coefficient (Wildman–Crippen LogP) is 3.31. The van der Waals surface area contributed by atoms with E-state index in [1.165, 1.54) is 25.3 Å². The summed E-state index contributed by atoms with van der Waals surface area (Å²) >= 11 is 0. The highest BCUT2D eigenvalue weighted by Crippen LogP contribution is 2.27. The van der Waals surface area contributed by atoms with Gasteiger partial charge in [-0.15, -0.1) is 0 Å². The van der Waals surface area contributed by atoms with Crippen molar-refractivity contribution in [3.8, 4) is 6.07 Å². The highest BCUT2D eigenvalue weighted by Gasteiger charge is 2.24. The third kappa shape index (κ3) is 7.19. The normalized spacial score (nSPS) is 22.2. The van der Waals surface area contributed by atoms with Crippen molar-refractivity contribution in [2.24, 2.45) is 5.92 Å². The van der Waals surface area contributed by atoms with Gasteiger partial charge in [-0.05, 0) is 69.2 Å². The average Bonchev–Trinajstić information content (AvgIpc) is 2.79. The Balaban J connectivity index is 1.32. The zero-order chi connectivity index (χ0) is 22.1. The summed E-state index contributed by atoms with van der Waals surface area (Å²) in [5.74, 6) is 0.446. The minimum Gasteiger partial charge on any atom is -0.385 e. The minimum atomic E-state index is -0.453. The lowest BCUT2D eigenvalue weighted by molar-refractivity contribution is -0.122. The summed E-state index contributed by atoms with van der Waals surface area (Å²) in [7, 11) is 1.66. The van der Waals surface area contributed by atoms with Crippen LogP contribution >= 0.6 is 0 Å². The molecule has 7 heteroatoms. The molecule has 0 bridgehead atoms. The summed E-state index contributed by atoms with van der Waals surface area (Å²) in [4.78, 5) is 16.7. The van der Waals surface area contributed by atoms with Gasteiger partial charge in [0.15, 0.2) is 0 Å². The second-order valence-electron chi connectivity index (χ2n) is 8.77. The zero-order valence-corrected chi connectivity index (χ0v) is 18.6. The van der Waals surface area contributed by atoms with E-state index in [-0.39, 0.29) is 11.5 Å². The van der Waals surface area contributed by atoms with Crippen LogP contribution in [0, 0.1) is 23.1 Å². The first-order chi connectivity index (χ1) is 15.1. The third-order valence-corrected chi connectivity index (χ3v) is 6.63. The lowest BCUT2D eigenvalue weighted by atomic mass is 9.84. The van der Waals surface area contributed by atoms with E-state index in [4.69, 9.17) is 10.00 Å². The number of methoxy groups -OCH3 is 1. The summed E-state index contributed by atoms with van der Waals surface area (Å²) in [6.45, 7) is 5.54. The number of ether oxygens (including phenoxy) is 1. The van der Waals surface area contributed by atoms with Crippen molar-refractivity contribution in [3.63, 3.8) is 0 Å². The number of halogens is 1. The number of rotatable bonds is 9. The summed E-state index contributed by atoms with van der Waals surface area (Å²) in [6, 6.07) is 7.07. The molecule has 0 aromatic heterocycles. The van der Waals surface area contributed by atoms with Gasteiger partial charge in [-0.2, -0.15) is 5.26 Å². The van der Waals surface area contributed by atoms with Gasteiger partial charge in [0.25, 0.3) is 0 Å². The molecular weight excluding hydrogens is 395 g/mol. The van der Waals surface area contributed by atoms with E-state index in [0.29, 0.717) is 19.1 Å². The van der Waals surface area contributed by atoms with Gasteiger partial charge in [0.1, 0.15) is 11.9 Å². The molecule has 0 unspecified atom stereocenters. The lowest BCUT2D eigenvalue weighted by Crippen LogP contribution is -2.47. The number of anilines is 1. The summed E-state index contributed by atoms with van der Waals surface area (Å²) in [5, 5.41) is 12.2. The maximum Gasteiger partial charge on any atom is 0.220 e. The van der Waals surface area contributed by atoms with Crippen molar-refractivity contribution in [1.29, 1.82) is 5.26 Å². The Bertz CT molecular complexity index is 750. The Kier molecular flexibility index (Phi) is 9.11. The molecule has 1 aromatic carbocycles. The molecule has 2 fully saturated rings. The molecule has 1 aliphatic heterocycles. The smallest absolute Gasteiger partial charge is 0.220 e. The van der Waals surface area contributed by atoms with Crippen LogP contribution in [0.15, 0.2) is 18.2 Å². The Morgan fingerprint density at radius 1 is 1.23 bits per heavy atom. The van der Waals surface area contributed by atoms with Crippen molar-refractivity contribution in [1.82, 2.24) is 10.2 Å². The molecule has 0 spiro atoms. The fourth-order valence-corrected chi connectivity index (χ4v) is 4.66. The molecule has 1 aromatic rings. The van der Waals surface area contributed by atoms with E-state index in [1.807, 2.05) is 6.07 Å². The van der Waals surface area contributed by atoms with Gasteiger partial charge in [-0.1, -0.05) is 0 Å². The van der Waals surface area contributed by atoms with Crippen LogP contribution in [0.1, 0.15) is 50.5 Å². The zero-order valence-electron chi connectivity index (χ0n) is 18.6. The van der Waals surface area contributed by atoms with Crippen LogP contribution in [0.5, 0.6) is 0 Å². The quantitative estimate of drug-likeness (QED) is 0.609. The molecule has 31 heavy (non-hydrogen) atoms. The molecule has 0 atom stereocenters. The predicted molar refractivity (Wildman–Crippen MR) is 119 cm³/mol. The fraction of sp³-hybridized carbons (Fsp3) is 0.667. The van der Waals surface area contributed by atoms with Crippen LogP contribution in [-0.4, -0.2) is 63.3 Å². The molecule has 0 radical (unpaired) electrons. The van der Waals surface area contributed by atoms with Gasteiger partial charge in [-0.3, -0.25) is 9.69 Å². The van der Waals surface area contributed by atoms with Gasteiger partial charge >= 0.3 is 0 Å². The molecular formula is C24H35FN4O2. The highest BCUT2D eigenvalue weighted by molar-refractivity contribution is 5.76. The number of nitrogens with one attached hydrogen (secondary N) is 1. The minimum absolute atomic E-state index is 0.113. The van der Waals surface area contributed by atoms with E-state index < -0.39 is 5.82 Å². The fourth-order valence-electron chi connectivity index (χ4n) is 4.66. The van der Waals surface area contributed by atoms with E-state index in [9.17, 15) is 9.18 Å². The van der Waals surface area contributed by atoms with Crippen LogP contribution in [-0.2, 0) is 9.53 Å². The third-order valence-electron chi connectivity index (χ3n) is 6.63. The van der Waals surface area contributed by atoms with Crippen molar-refractivity contribution >= 4 is 11.6 Å². The number of nitriles is 1. The van der Waals surface area contributed by atoms with Crippen LogP contribution in [0.25, 0.3) is 0 Å². The number of hydrogen-bond acceptors (Lipinski definition) is 5. The van der Waals surface area contributed by atoms with Crippen molar-refractivity contribution in [2.75, 3.05) is 51.3 Å².